The Morgan fingerprint density at radius 1 is 1.05 bits per heavy atom. The highest BCUT2D eigenvalue weighted by molar-refractivity contribution is 8.14. The van der Waals surface area contributed by atoms with Crippen molar-refractivity contribution in [3.05, 3.63) is 77.9 Å². The van der Waals surface area contributed by atoms with Gasteiger partial charge in [0.25, 0.3) is 5.91 Å². The largest absolute Gasteiger partial charge is 0.495 e. The molecule has 0 fully saturated rings. The first-order valence-corrected chi connectivity index (χ1v) is 13.8. The molecule has 3 heterocycles. The molecule has 208 valence electrons. The molecule has 0 saturated heterocycles. The molecule has 12 heteroatoms. The molecule has 3 aliphatic rings. The van der Waals surface area contributed by atoms with E-state index in [0.717, 1.165) is 17.3 Å². The van der Waals surface area contributed by atoms with Crippen LogP contribution < -0.4 is 24.8 Å². The fourth-order valence-corrected chi connectivity index (χ4v) is 5.40. The molecule has 0 spiro atoms. The van der Waals surface area contributed by atoms with Crippen molar-refractivity contribution in [3.8, 4) is 17.2 Å². The number of anilines is 1. The highest BCUT2D eigenvalue weighted by Crippen LogP contribution is 2.35. The topological polar surface area (TPSA) is 131 Å². The number of hydrogen-bond donors (Lipinski definition) is 2. The Balaban J connectivity index is 1.13. The van der Waals surface area contributed by atoms with Gasteiger partial charge < -0.3 is 24.8 Å². The Morgan fingerprint density at radius 2 is 1.85 bits per heavy atom. The number of amides is 3. The summed E-state index contributed by atoms with van der Waals surface area (Å²) in [6.45, 7) is 0.439. The first-order valence-electron chi connectivity index (χ1n) is 12.8. The highest BCUT2D eigenvalue weighted by Gasteiger charge is 2.42. The molecule has 3 aromatic rings. The number of amidine groups is 2. The van der Waals surface area contributed by atoms with Crippen molar-refractivity contribution in [2.45, 2.75) is 19.0 Å². The van der Waals surface area contributed by atoms with E-state index in [9.17, 15) is 14.4 Å². The molecule has 41 heavy (non-hydrogen) atoms. The third-order valence-corrected chi connectivity index (χ3v) is 7.51. The zero-order chi connectivity index (χ0) is 28.3. The van der Waals surface area contributed by atoms with E-state index in [-0.39, 0.29) is 43.2 Å². The molecule has 0 aromatic heterocycles. The molecular weight excluding hydrogens is 546 g/mol. The number of thioether (sulfide) groups is 1. The van der Waals surface area contributed by atoms with Crippen LogP contribution in [-0.2, 0) is 20.9 Å². The van der Waals surface area contributed by atoms with Gasteiger partial charge in [-0.25, -0.2) is 9.89 Å². The van der Waals surface area contributed by atoms with E-state index >= 15 is 0 Å². The first-order chi connectivity index (χ1) is 20.0. The summed E-state index contributed by atoms with van der Waals surface area (Å²) < 4.78 is 16.0. The standard InChI is InChI=1S/C29H25N5O6S/c1-38-22-9-5-4-8-20(22)31-26(36)15-41-29-33-19-7-3-2-6-18(19)27-32-21(28(37)34(27)29)13-25(35)30-14-17-10-11-23-24(12-17)40-16-39-23/h2-12,21H,13-16H2,1H3,(H,30,35)(H,31,36)/t21-/m1/s1. The van der Waals surface area contributed by atoms with Crippen molar-refractivity contribution < 1.29 is 28.6 Å². The number of carbonyl (C=O) groups excluding carboxylic acids is 3. The van der Waals surface area contributed by atoms with Crippen molar-refractivity contribution in [1.82, 2.24) is 10.2 Å². The molecule has 3 aromatic carbocycles. The molecule has 3 aliphatic heterocycles. The van der Waals surface area contributed by atoms with Gasteiger partial charge in [0.05, 0.1) is 30.7 Å². The number of benzene rings is 3. The summed E-state index contributed by atoms with van der Waals surface area (Å²) in [5.74, 6) is 1.27. The Labute approximate surface area is 239 Å². The van der Waals surface area contributed by atoms with Crippen molar-refractivity contribution in [3.63, 3.8) is 0 Å². The van der Waals surface area contributed by atoms with E-state index in [1.807, 2.05) is 42.5 Å². The summed E-state index contributed by atoms with van der Waals surface area (Å²) in [4.78, 5) is 49.8. The minimum Gasteiger partial charge on any atom is -0.495 e. The number of para-hydroxylation sites is 3. The molecule has 0 unspecified atom stereocenters. The first kappa shape index (κ1) is 26.4. The van der Waals surface area contributed by atoms with Gasteiger partial charge >= 0.3 is 0 Å². The minimum atomic E-state index is -0.916. The molecule has 3 amide bonds. The van der Waals surface area contributed by atoms with Crippen LogP contribution in [0.3, 0.4) is 0 Å². The molecule has 11 nitrogen and oxygen atoms in total. The molecule has 0 aliphatic carbocycles. The summed E-state index contributed by atoms with van der Waals surface area (Å²) in [5.41, 5.74) is 2.71. The number of methoxy groups -OCH3 is 1. The lowest BCUT2D eigenvalue weighted by atomic mass is 10.1. The van der Waals surface area contributed by atoms with Crippen molar-refractivity contribution in [2.75, 3.05) is 25.0 Å². The number of rotatable bonds is 8. The number of aliphatic imine (C=N–C) groups is 2. The van der Waals surface area contributed by atoms with Gasteiger partial charge in [-0.05, 0) is 42.0 Å². The van der Waals surface area contributed by atoms with E-state index in [4.69, 9.17) is 14.2 Å². The van der Waals surface area contributed by atoms with Crippen LogP contribution in [0.2, 0.25) is 0 Å². The minimum absolute atomic E-state index is 0.00318. The summed E-state index contributed by atoms with van der Waals surface area (Å²) in [6.07, 6.45) is -0.127. The number of carbonyl (C=O) groups is 3. The quantitative estimate of drug-likeness (QED) is 0.423. The van der Waals surface area contributed by atoms with Gasteiger partial charge in [0, 0.05) is 12.1 Å². The lowest BCUT2D eigenvalue weighted by Crippen LogP contribution is -2.42. The van der Waals surface area contributed by atoms with Gasteiger partial charge in [-0.2, -0.15) is 0 Å². The lowest BCUT2D eigenvalue weighted by molar-refractivity contribution is -0.128. The Bertz CT molecular complexity index is 1610. The van der Waals surface area contributed by atoms with Gasteiger partial charge in [0.15, 0.2) is 16.7 Å². The molecule has 0 saturated carbocycles. The number of ether oxygens (including phenoxy) is 3. The second-order valence-corrected chi connectivity index (χ2v) is 10.2. The zero-order valence-electron chi connectivity index (χ0n) is 22.0. The summed E-state index contributed by atoms with van der Waals surface area (Å²) in [7, 11) is 1.53. The summed E-state index contributed by atoms with van der Waals surface area (Å²) in [6, 6.07) is 19.0. The van der Waals surface area contributed by atoms with Gasteiger partial charge in [-0.15, -0.1) is 0 Å². The third-order valence-electron chi connectivity index (χ3n) is 6.57. The Kier molecular flexibility index (Phi) is 7.30. The summed E-state index contributed by atoms with van der Waals surface area (Å²) in [5, 5.41) is 6.00. The maximum atomic E-state index is 13.5. The SMILES string of the molecule is COc1ccccc1NC(=O)CSC1=Nc2ccccc2C2=N[C@H](CC(=O)NCc3ccc4c(c3)OCO4)C(=O)N12. The average molecular weight is 572 g/mol. The van der Waals surface area contributed by atoms with E-state index < -0.39 is 6.04 Å². The predicted octanol–water partition coefficient (Wildman–Crippen LogP) is 3.46. The number of nitrogens with one attached hydrogen (secondary N) is 2. The van der Waals surface area contributed by atoms with E-state index in [1.54, 1.807) is 24.3 Å². The molecule has 2 N–H and O–H groups in total. The fraction of sp³-hybridized carbons (Fsp3) is 0.207. The van der Waals surface area contributed by atoms with E-state index in [0.29, 0.717) is 45.2 Å². The number of fused-ring (bicyclic) bond motifs is 4. The number of nitrogens with zero attached hydrogens (tertiary/aromatic N) is 3. The Hall–Kier alpha value is -4.84. The predicted molar refractivity (Wildman–Crippen MR) is 154 cm³/mol. The maximum Gasteiger partial charge on any atom is 0.259 e. The molecule has 1 atom stereocenters. The van der Waals surface area contributed by atoms with E-state index in [2.05, 4.69) is 20.6 Å². The highest BCUT2D eigenvalue weighted by atomic mass is 32.2. The average Bonchev–Trinajstić information content (AvgIpc) is 3.59. The van der Waals surface area contributed by atoms with E-state index in [1.165, 1.54) is 12.0 Å². The van der Waals surface area contributed by atoms with Crippen molar-refractivity contribution in [2.24, 2.45) is 9.98 Å². The molecule has 0 bridgehead atoms. The second-order valence-electron chi connectivity index (χ2n) is 9.26. The van der Waals surface area contributed by atoms with Crippen molar-refractivity contribution in [1.29, 1.82) is 0 Å². The normalized spacial score (nSPS) is 16.4. The van der Waals surface area contributed by atoms with Gasteiger partial charge in [-0.1, -0.05) is 42.1 Å². The van der Waals surface area contributed by atoms with Crippen molar-refractivity contribution >= 4 is 51.9 Å². The van der Waals surface area contributed by atoms with Crippen LogP contribution in [0.15, 0.2) is 76.7 Å². The van der Waals surface area contributed by atoms with Crippen LogP contribution in [0.1, 0.15) is 17.5 Å². The molecule has 6 rings (SSSR count). The number of hydrogen-bond acceptors (Lipinski definition) is 9. The van der Waals surface area contributed by atoms with Crippen LogP contribution in [0, 0.1) is 0 Å². The van der Waals surface area contributed by atoms with Gasteiger partial charge in [0.2, 0.25) is 18.6 Å². The molecule has 0 radical (unpaired) electrons. The second kappa shape index (κ2) is 11.3. The third kappa shape index (κ3) is 5.46. The zero-order valence-corrected chi connectivity index (χ0v) is 22.8. The smallest absolute Gasteiger partial charge is 0.259 e. The van der Waals surface area contributed by atoms with Crippen LogP contribution in [-0.4, -0.2) is 59.3 Å². The van der Waals surface area contributed by atoms with Gasteiger partial charge in [-0.3, -0.25) is 19.4 Å². The summed E-state index contributed by atoms with van der Waals surface area (Å²) >= 11 is 1.12. The van der Waals surface area contributed by atoms with Gasteiger partial charge in [0.1, 0.15) is 17.6 Å². The lowest BCUT2D eigenvalue weighted by Gasteiger charge is -2.25. The van der Waals surface area contributed by atoms with Crippen LogP contribution in [0.5, 0.6) is 17.2 Å². The Morgan fingerprint density at radius 3 is 2.73 bits per heavy atom. The van der Waals surface area contributed by atoms with Crippen LogP contribution in [0.25, 0.3) is 0 Å². The van der Waals surface area contributed by atoms with Crippen LogP contribution in [0.4, 0.5) is 11.4 Å². The molecular formula is C29H25N5O6S. The monoisotopic (exact) mass is 571 g/mol. The maximum absolute atomic E-state index is 13.5. The van der Waals surface area contributed by atoms with Crippen LogP contribution >= 0.6 is 11.8 Å². The fourth-order valence-electron chi connectivity index (χ4n) is 4.60.